The molecule has 0 aliphatic carbocycles. The summed E-state index contributed by atoms with van der Waals surface area (Å²) >= 11 is 3.47. The third kappa shape index (κ3) is 3.98. The van der Waals surface area contributed by atoms with Crippen LogP contribution < -0.4 is 10.3 Å². The van der Waals surface area contributed by atoms with Crippen LogP contribution in [0, 0.1) is 6.92 Å². The summed E-state index contributed by atoms with van der Waals surface area (Å²) in [5.74, 6) is 1.49. The number of likely N-dealkylation sites (tertiary alicyclic amines) is 1. The zero-order valence-electron chi connectivity index (χ0n) is 16.0. The number of fused-ring (bicyclic) bond motifs is 1. The molecule has 0 atom stereocenters. The predicted octanol–water partition coefficient (Wildman–Crippen LogP) is 4.32. The molecule has 6 heteroatoms. The molecule has 0 radical (unpaired) electrons. The highest BCUT2D eigenvalue weighted by Crippen LogP contribution is 2.21. The third-order valence-electron chi connectivity index (χ3n) is 5.20. The number of halogens is 1. The van der Waals surface area contributed by atoms with Crippen LogP contribution in [0.5, 0.6) is 5.75 Å². The van der Waals surface area contributed by atoms with Crippen molar-refractivity contribution in [2.24, 2.45) is 0 Å². The number of hydrogen-bond acceptors (Lipinski definition) is 4. The summed E-state index contributed by atoms with van der Waals surface area (Å²) in [5, 5.41) is 0.593. The first-order valence-corrected chi connectivity index (χ1v) is 10.6. The minimum Gasteiger partial charge on any atom is -0.494 e. The Labute approximate surface area is 173 Å². The number of aryl methyl sites for hydroxylation is 1. The number of aromatic nitrogens is 2. The maximum absolute atomic E-state index is 13.0. The Morgan fingerprint density at radius 2 is 1.86 bits per heavy atom. The minimum absolute atomic E-state index is 0.0748. The molecule has 3 aromatic rings. The highest BCUT2D eigenvalue weighted by Gasteiger charge is 2.13. The number of rotatable bonds is 6. The topological polar surface area (TPSA) is 47.4 Å². The van der Waals surface area contributed by atoms with Crippen LogP contribution in [0.1, 0.15) is 25.1 Å². The van der Waals surface area contributed by atoms with Crippen molar-refractivity contribution in [3.05, 3.63) is 63.1 Å². The van der Waals surface area contributed by atoms with Crippen molar-refractivity contribution in [2.45, 2.75) is 26.2 Å². The summed E-state index contributed by atoms with van der Waals surface area (Å²) in [5.41, 5.74) is 1.41. The summed E-state index contributed by atoms with van der Waals surface area (Å²) in [6, 6.07) is 13.3. The average molecular weight is 442 g/mol. The predicted molar refractivity (Wildman–Crippen MR) is 116 cm³/mol. The number of hydrogen-bond donors (Lipinski definition) is 0. The van der Waals surface area contributed by atoms with E-state index >= 15 is 0 Å². The molecule has 1 aromatic heterocycles. The van der Waals surface area contributed by atoms with Gasteiger partial charge in [-0.1, -0.05) is 6.07 Å². The molecule has 4 rings (SSSR count). The van der Waals surface area contributed by atoms with Crippen molar-refractivity contribution < 1.29 is 4.74 Å². The zero-order chi connectivity index (χ0) is 19.5. The number of ether oxygens (including phenoxy) is 1. The molecule has 1 aliphatic heterocycles. The van der Waals surface area contributed by atoms with Gasteiger partial charge in [-0.15, -0.1) is 0 Å². The number of nitrogens with zero attached hydrogens (tertiary/aromatic N) is 3. The minimum atomic E-state index is -0.0748. The van der Waals surface area contributed by atoms with E-state index in [-0.39, 0.29) is 5.56 Å². The second-order valence-corrected chi connectivity index (χ2v) is 8.03. The molecule has 2 heterocycles. The van der Waals surface area contributed by atoms with E-state index in [2.05, 4.69) is 25.8 Å². The normalized spacial score (nSPS) is 14.6. The molecule has 0 spiro atoms. The van der Waals surface area contributed by atoms with Crippen LogP contribution in [-0.2, 0) is 0 Å². The second kappa shape index (κ2) is 8.45. The van der Waals surface area contributed by atoms with Crippen LogP contribution >= 0.6 is 15.9 Å². The van der Waals surface area contributed by atoms with E-state index in [1.54, 1.807) is 4.57 Å². The van der Waals surface area contributed by atoms with Gasteiger partial charge < -0.3 is 9.64 Å². The van der Waals surface area contributed by atoms with Gasteiger partial charge in [0.1, 0.15) is 11.6 Å². The van der Waals surface area contributed by atoms with Gasteiger partial charge in [0.05, 0.1) is 23.2 Å². The van der Waals surface area contributed by atoms with Crippen LogP contribution in [0.15, 0.2) is 51.7 Å². The molecular weight excluding hydrogens is 418 g/mol. The largest absolute Gasteiger partial charge is 0.494 e. The Kier molecular flexibility index (Phi) is 5.78. The zero-order valence-corrected chi connectivity index (χ0v) is 17.6. The van der Waals surface area contributed by atoms with Gasteiger partial charge in [0.15, 0.2) is 0 Å². The van der Waals surface area contributed by atoms with Gasteiger partial charge in [0.25, 0.3) is 5.56 Å². The average Bonchev–Trinajstić information content (AvgIpc) is 3.19. The van der Waals surface area contributed by atoms with Crippen molar-refractivity contribution in [3.8, 4) is 11.4 Å². The van der Waals surface area contributed by atoms with Gasteiger partial charge in [0, 0.05) is 11.0 Å². The summed E-state index contributed by atoms with van der Waals surface area (Å²) in [4.78, 5) is 20.1. The monoisotopic (exact) mass is 441 g/mol. The van der Waals surface area contributed by atoms with E-state index in [9.17, 15) is 4.79 Å². The van der Waals surface area contributed by atoms with Crippen molar-refractivity contribution in [1.82, 2.24) is 14.5 Å². The molecule has 0 saturated carbocycles. The fourth-order valence-electron chi connectivity index (χ4n) is 3.78. The van der Waals surface area contributed by atoms with E-state index in [0.29, 0.717) is 23.3 Å². The molecule has 0 bridgehead atoms. The van der Waals surface area contributed by atoms with Crippen molar-refractivity contribution in [2.75, 3.05) is 26.2 Å². The SMILES string of the molecule is Cc1nc2cccc(Br)c2c(=O)n1-c1ccc(OCCCN2CCCC2)cc1. The van der Waals surface area contributed by atoms with Gasteiger partial charge in [-0.3, -0.25) is 9.36 Å². The standard InChI is InChI=1S/C22H24BrN3O2/c1-16-24-20-7-4-6-19(23)21(20)22(27)26(16)17-8-10-18(11-9-17)28-15-5-14-25-12-2-3-13-25/h4,6-11H,2-3,5,12-15H2,1H3. The maximum atomic E-state index is 13.0. The molecule has 146 valence electrons. The molecule has 28 heavy (non-hydrogen) atoms. The van der Waals surface area contributed by atoms with Gasteiger partial charge in [-0.2, -0.15) is 0 Å². The molecule has 1 aliphatic rings. The molecule has 0 N–H and O–H groups in total. The molecule has 0 unspecified atom stereocenters. The smallest absolute Gasteiger partial charge is 0.267 e. The van der Waals surface area contributed by atoms with E-state index in [1.165, 1.54) is 25.9 Å². The first-order valence-electron chi connectivity index (χ1n) is 9.77. The van der Waals surface area contributed by atoms with Gasteiger partial charge in [0.2, 0.25) is 0 Å². The summed E-state index contributed by atoms with van der Waals surface area (Å²) in [6.45, 7) is 6.10. The first kappa shape index (κ1) is 19.2. The second-order valence-electron chi connectivity index (χ2n) is 7.18. The number of benzene rings is 2. The lowest BCUT2D eigenvalue weighted by atomic mass is 10.2. The summed E-state index contributed by atoms with van der Waals surface area (Å²) in [6.07, 6.45) is 3.67. The van der Waals surface area contributed by atoms with Crippen LogP contribution in [0.25, 0.3) is 16.6 Å². The Morgan fingerprint density at radius 3 is 2.61 bits per heavy atom. The summed E-state index contributed by atoms with van der Waals surface area (Å²) < 4.78 is 8.27. The highest BCUT2D eigenvalue weighted by molar-refractivity contribution is 9.10. The van der Waals surface area contributed by atoms with Gasteiger partial charge in [-0.05, 0) is 91.6 Å². The van der Waals surface area contributed by atoms with Crippen LogP contribution in [0.3, 0.4) is 0 Å². The Morgan fingerprint density at radius 1 is 1.11 bits per heavy atom. The van der Waals surface area contributed by atoms with Crippen LogP contribution in [-0.4, -0.2) is 40.7 Å². The van der Waals surface area contributed by atoms with Crippen LogP contribution in [0.2, 0.25) is 0 Å². The van der Waals surface area contributed by atoms with Gasteiger partial charge >= 0.3 is 0 Å². The Hall–Kier alpha value is -2.18. The Bertz CT molecular complexity index is 1020. The van der Waals surface area contributed by atoms with E-state index < -0.39 is 0 Å². The van der Waals surface area contributed by atoms with E-state index in [1.807, 2.05) is 49.4 Å². The van der Waals surface area contributed by atoms with Crippen molar-refractivity contribution >= 4 is 26.8 Å². The Balaban J connectivity index is 1.49. The summed E-state index contributed by atoms with van der Waals surface area (Å²) in [7, 11) is 0. The molecular formula is C22H24BrN3O2. The van der Waals surface area contributed by atoms with Crippen LogP contribution in [0.4, 0.5) is 0 Å². The maximum Gasteiger partial charge on any atom is 0.267 e. The molecule has 0 amide bonds. The highest BCUT2D eigenvalue weighted by atomic mass is 79.9. The lowest BCUT2D eigenvalue weighted by molar-refractivity contribution is 0.263. The fraction of sp³-hybridized carbons (Fsp3) is 0.364. The van der Waals surface area contributed by atoms with Crippen molar-refractivity contribution in [3.63, 3.8) is 0 Å². The van der Waals surface area contributed by atoms with Crippen molar-refractivity contribution in [1.29, 1.82) is 0 Å². The molecule has 1 saturated heterocycles. The molecule has 5 nitrogen and oxygen atoms in total. The quantitative estimate of drug-likeness (QED) is 0.534. The van der Waals surface area contributed by atoms with E-state index in [0.717, 1.165) is 28.9 Å². The first-order chi connectivity index (χ1) is 13.6. The lowest BCUT2D eigenvalue weighted by Crippen LogP contribution is -2.22. The molecule has 1 fully saturated rings. The van der Waals surface area contributed by atoms with E-state index in [4.69, 9.17) is 4.74 Å². The third-order valence-corrected chi connectivity index (χ3v) is 5.86. The lowest BCUT2D eigenvalue weighted by Gasteiger charge is -2.15. The molecule has 2 aromatic carbocycles. The van der Waals surface area contributed by atoms with Gasteiger partial charge in [-0.25, -0.2) is 4.98 Å². The fourth-order valence-corrected chi connectivity index (χ4v) is 4.31.